The Balaban J connectivity index is 1.56. The number of thioether (sulfide) groups is 1. The number of benzene rings is 1. The average molecular weight is 453 g/mol. The number of pyridine rings is 1. The highest BCUT2D eigenvalue weighted by Crippen LogP contribution is 2.36. The van der Waals surface area contributed by atoms with Gasteiger partial charge >= 0.3 is 0 Å². The molecule has 1 aromatic carbocycles. The summed E-state index contributed by atoms with van der Waals surface area (Å²) in [4.78, 5) is 9.08. The van der Waals surface area contributed by atoms with Crippen LogP contribution in [-0.2, 0) is 10.5 Å². The summed E-state index contributed by atoms with van der Waals surface area (Å²) in [5.74, 6) is 0.586. The number of hydrogen-bond donors (Lipinski definition) is 0. The molecule has 1 unspecified atom stereocenters. The Labute approximate surface area is 188 Å². The fourth-order valence-corrected chi connectivity index (χ4v) is 5.27. The quantitative estimate of drug-likeness (QED) is 0.432. The number of rotatable bonds is 5. The molecule has 0 saturated carbocycles. The van der Waals surface area contributed by atoms with Gasteiger partial charge in [-0.25, -0.2) is 9.97 Å². The van der Waals surface area contributed by atoms with Crippen LogP contribution in [0, 0.1) is 22.7 Å². The molecule has 0 N–H and O–H groups in total. The minimum atomic E-state index is -0.221. The number of nitrogens with zero attached hydrogens (tertiary/aromatic N) is 4. The molecule has 1 aliphatic heterocycles. The fourth-order valence-electron chi connectivity index (χ4n) is 3.36. The zero-order valence-electron chi connectivity index (χ0n) is 16.0. The van der Waals surface area contributed by atoms with Crippen LogP contribution >= 0.6 is 34.7 Å². The van der Waals surface area contributed by atoms with Gasteiger partial charge in [0.1, 0.15) is 22.2 Å². The molecule has 0 spiro atoms. The topological polar surface area (TPSA) is 82.6 Å². The van der Waals surface area contributed by atoms with Crippen molar-refractivity contribution in [2.75, 3.05) is 6.61 Å². The first-order valence-electron chi connectivity index (χ1n) is 9.47. The van der Waals surface area contributed by atoms with Crippen molar-refractivity contribution in [1.82, 2.24) is 9.97 Å². The molecule has 1 aliphatic rings. The zero-order valence-corrected chi connectivity index (χ0v) is 18.4. The lowest BCUT2D eigenvalue weighted by Gasteiger charge is -2.25. The van der Waals surface area contributed by atoms with Crippen LogP contribution in [0.5, 0.6) is 0 Å². The Morgan fingerprint density at radius 2 is 2.03 bits per heavy atom. The third-order valence-corrected chi connectivity index (χ3v) is 7.03. The van der Waals surface area contributed by atoms with E-state index in [2.05, 4.69) is 17.1 Å². The molecule has 1 saturated heterocycles. The van der Waals surface area contributed by atoms with E-state index in [4.69, 9.17) is 21.3 Å². The smallest absolute Gasteiger partial charge is 0.123 e. The Morgan fingerprint density at radius 3 is 2.73 bits per heavy atom. The van der Waals surface area contributed by atoms with E-state index < -0.39 is 0 Å². The molecule has 2 aromatic heterocycles. The molecular weight excluding hydrogens is 436 g/mol. The third-order valence-electron chi connectivity index (χ3n) is 4.82. The van der Waals surface area contributed by atoms with Crippen molar-refractivity contribution in [3.8, 4) is 22.7 Å². The lowest BCUT2D eigenvalue weighted by Crippen LogP contribution is -2.15. The van der Waals surface area contributed by atoms with Gasteiger partial charge in [-0.3, -0.25) is 0 Å². The normalized spacial score (nSPS) is 16.0. The number of ether oxygens (including phenoxy) is 1. The van der Waals surface area contributed by atoms with Gasteiger partial charge < -0.3 is 4.74 Å². The van der Waals surface area contributed by atoms with Crippen LogP contribution in [-0.4, -0.2) is 16.6 Å². The van der Waals surface area contributed by atoms with Crippen LogP contribution in [0.3, 0.4) is 0 Å². The van der Waals surface area contributed by atoms with Crippen molar-refractivity contribution in [2.24, 2.45) is 0 Å². The van der Waals surface area contributed by atoms with Crippen molar-refractivity contribution in [1.29, 1.82) is 10.5 Å². The zero-order chi connectivity index (χ0) is 20.9. The molecule has 0 radical (unpaired) electrons. The minimum Gasteiger partial charge on any atom is -0.373 e. The highest BCUT2D eigenvalue weighted by molar-refractivity contribution is 7.98. The van der Waals surface area contributed by atoms with E-state index in [0.29, 0.717) is 39.1 Å². The molecule has 8 heteroatoms. The van der Waals surface area contributed by atoms with Crippen molar-refractivity contribution in [2.45, 2.75) is 36.1 Å². The van der Waals surface area contributed by atoms with Gasteiger partial charge in [-0.2, -0.15) is 10.5 Å². The third kappa shape index (κ3) is 4.50. The van der Waals surface area contributed by atoms with Gasteiger partial charge in [0.05, 0.1) is 22.9 Å². The molecule has 30 heavy (non-hydrogen) atoms. The first-order valence-corrected chi connectivity index (χ1v) is 11.7. The maximum Gasteiger partial charge on any atom is 0.123 e. The van der Waals surface area contributed by atoms with Gasteiger partial charge in [-0.15, -0.1) is 11.3 Å². The van der Waals surface area contributed by atoms with E-state index in [0.717, 1.165) is 35.5 Å². The SMILES string of the molecule is N#Cc1cnc(SCc2csc(-c3ccc(Cl)cc3)n2)c(C#N)c1C1CCCCO1. The predicted molar refractivity (Wildman–Crippen MR) is 118 cm³/mol. The molecule has 4 rings (SSSR count). The first-order chi connectivity index (χ1) is 14.7. The summed E-state index contributed by atoms with van der Waals surface area (Å²) in [6.45, 7) is 0.650. The van der Waals surface area contributed by atoms with Crippen LogP contribution in [0.4, 0.5) is 0 Å². The summed E-state index contributed by atoms with van der Waals surface area (Å²) in [7, 11) is 0. The molecule has 0 amide bonds. The summed E-state index contributed by atoms with van der Waals surface area (Å²) < 4.78 is 5.87. The van der Waals surface area contributed by atoms with E-state index >= 15 is 0 Å². The molecule has 0 aliphatic carbocycles. The van der Waals surface area contributed by atoms with Crippen LogP contribution in [0.25, 0.3) is 10.6 Å². The summed E-state index contributed by atoms with van der Waals surface area (Å²) in [5, 5.41) is 23.6. The molecule has 3 heterocycles. The second-order valence-electron chi connectivity index (χ2n) is 6.78. The first kappa shape index (κ1) is 20.8. The molecule has 1 atom stereocenters. The van der Waals surface area contributed by atoms with E-state index in [1.54, 1.807) is 17.5 Å². The number of aromatic nitrogens is 2. The fraction of sp³-hybridized carbons (Fsp3) is 0.273. The number of nitriles is 2. The van der Waals surface area contributed by atoms with Gasteiger partial charge in [0.2, 0.25) is 0 Å². The van der Waals surface area contributed by atoms with Crippen molar-refractivity contribution < 1.29 is 4.74 Å². The summed E-state index contributed by atoms with van der Waals surface area (Å²) in [6, 6.07) is 12.0. The summed E-state index contributed by atoms with van der Waals surface area (Å²) in [6.07, 6.45) is 4.18. The molecule has 0 bridgehead atoms. The Morgan fingerprint density at radius 1 is 1.20 bits per heavy atom. The molecule has 5 nitrogen and oxygen atoms in total. The molecule has 3 aromatic rings. The maximum absolute atomic E-state index is 9.83. The molecule has 1 fully saturated rings. The van der Waals surface area contributed by atoms with Gasteiger partial charge in [0, 0.05) is 40.1 Å². The van der Waals surface area contributed by atoms with Crippen LogP contribution < -0.4 is 0 Å². The number of halogens is 1. The van der Waals surface area contributed by atoms with Gasteiger partial charge in [-0.05, 0) is 31.4 Å². The largest absolute Gasteiger partial charge is 0.373 e. The standard InChI is InChI=1S/C22H17ClN4OS2/c23-16-6-4-14(5-7-16)21-27-17(12-29-21)13-30-22-18(10-25)20(15(9-24)11-26-22)19-3-1-2-8-28-19/h4-7,11-12,19H,1-3,8,13H2. The van der Waals surface area contributed by atoms with Crippen LogP contribution in [0.1, 0.15) is 47.8 Å². The van der Waals surface area contributed by atoms with Crippen molar-refractivity contribution in [3.05, 3.63) is 63.2 Å². The van der Waals surface area contributed by atoms with Crippen molar-refractivity contribution in [3.63, 3.8) is 0 Å². The molecule has 150 valence electrons. The Kier molecular flexibility index (Phi) is 6.66. The highest BCUT2D eigenvalue weighted by atomic mass is 35.5. The minimum absolute atomic E-state index is 0.221. The second-order valence-corrected chi connectivity index (χ2v) is 9.04. The summed E-state index contributed by atoms with van der Waals surface area (Å²) in [5.41, 5.74) is 3.48. The predicted octanol–water partition coefficient (Wildman–Crippen LogP) is 6.14. The molecular formula is C22H17ClN4OS2. The lowest BCUT2D eigenvalue weighted by atomic mass is 9.95. The van der Waals surface area contributed by atoms with Crippen LogP contribution in [0.2, 0.25) is 5.02 Å². The van der Waals surface area contributed by atoms with E-state index in [9.17, 15) is 10.5 Å². The average Bonchev–Trinajstić information content (AvgIpc) is 3.27. The number of hydrogen-bond acceptors (Lipinski definition) is 7. The maximum atomic E-state index is 9.83. The Hall–Kier alpha value is -2.42. The highest BCUT2D eigenvalue weighted by Gasteiger charge is 2.25. The lowest BCUT2D eigenvalue weighted by molar-refractivity contribution is 0.0144. The number of thiazole rings is 1. The van der Waals surface area contributed by atoms with Gasteiger partial charge in [0.15, 0.2) is 0 Å². The van der Waals surface area contributed by atoms with Gasteiger partial charge in [-0.1, -0.05) is 35.5 Å². The van der Waals surface area contributed by atoms with E-state index in [-0.39, 0.29) is 6.10 Å². The van der Waals surface area contributed by atoms with E-state index in [1.165, 1.54) is 11.8 Å². The second kappa shape index (κ2) is 9.59. The Bertz CT molecular complexity index is 1130. The monoisotopic (exact) mass is 452 g/mol. The summed E-state index contributed by atoms with van der Waals surface area (Å²) >= 11 is 8.99. The van der Waals surface area contributed by atoms with Crippen molar-refractivity contribution >= 4 is 34.7 Å². The van der Waals surface area contributed by atoms with Crippen LogP contribution in [0.15, 0.2) is 40.9 Å². The van der Waals surface area contributed by atoms with Gasteiger partial charge in [0.25, 0.3) is 0 Å². The van der Waals surface area contributed by atoms with E-state index in [1.807, 2.05) is 29.6 Å².